The Hall–Kier alpha value is -0.970. The summed E-state index contributed by atoms with van der Waals surface area (Å²) in [6, 6.07) is 0. The molecule has 0 aromatic rings. The summed E-state index contributed by atoms with van der Waals surface area (Å²) in [4.78, 5) is 11.1. The Labute approximate surface area is 92.4 Å². The van der Waals surface area contributed by atoms with Gasteiger partial charge in [0, 0.05) is 5.92 Å². The van der Waals surface area contributed by atoms with Crippen molar-refractivity contribution in [1.82, 2.24) is 0 Å². The molecule has 0 heterocycles. The number of ether oxygens (including phenoxy) is 1. The molecule has 0 bridgehead atoms. The molecule has 84 valence electrons. The van der Waals surface area contributed by atoms with E-state index in [0.717, 1.165) is 12.8 Å². The van der Waals surface area contributed by atoms with Crippen molar-refractivity contribution in [2.75, 3.05) is 0 Å². The first-order valence-corrected chi connectivity index (χ1v) is 5.71. The van der Waals surface area contributed by atoms with Crippen LogP contribution in [0.2, 0.25) is 0 Å². The lowest BCUT2D eigenvalue weighted by atomic mass is 9.75. The van der Waals surface area contributed by atoms with Crippen LogP contribution in [-0.2, 0) is 9.53 Å². The topological polar surface area (TPSA) is 26.3 Å². The van der Waals surface area contributed by atoms with Gasteiger partial charge in [-0.3, -0.25) is 0 Å². The van der Waals surface area contributed by atoms with E-state index < -0.39 is 5.97 Å². The smallest absolute Gasteiger partial charge is 0.384 e. The molecule has 15 heavy (non-hydrogen) atoms. The van der Waals surface area contributed by atoms with E-state index >= 15 is 0 Å². The largest absolute Gasteiger partial charge is 0.452 e. The molecule has 0 unspecified atom stereocenters. The quantitative estimate of drug-likeness (QED) is 0.396. The molecule has 3 atom stereocenters. The lowest BCUT2D eigenvalue weighted by molar-refractivity contribution is -0.148. The second kappa shape index (κ2) is 5.21. The van der Waals surface area contributed by atoms with Gasteiger partial charge in [-0.1, -0.05) is 27.2 Å². The van der Waals surface area contributed by atoms with Gasteiger partial charge in [-0.15, -0.1) is 6.42 Å². The van der Waals surface area contributed by atoms with Gasteiger partial charge in [-0.05, 0) is 30.6 Å². The fourth-order valence-corrected chi connectivity index (χ4v) is 2.42. The second-order valence-corrected chi connectivity index (χ2v) is 4.91. The predicted molar refractivity (Wildman–Crippen MR) is 60.1 cm³/mol. The van der Waals surface area contributed by atoms with Gasteiger partial charge in [0.2, 0.25) is 0 Å². The fourth-order valence-electron chi connectivity index (χ4n) is 2.42. The van der Waals surface area contributed by atoms with E-state index in [1.54, 1.807) is 0 Å². The van der Waals surface area contributed by atoms with Crippen molar-refractivity contribution in [3.63, 3.8) is 0 Å². The van der Waals surface area contributed by atoms with Crippen LogP contribution in [-0.4, -0.2) is 12.1 Å². The molecule has 0 radical (unpaired) electrons. The lowest BCUT2D eigenvalue weighted by Crippen LogP contribution is -2.35. The monoisotopic (exact) mass is 208 g/mol. The molecule has 0 aromatic heterocycles. The molecule has 1 aliphatic carbocycles. The zero-order valence-corrected chi connectivity index (χ0v) is 9.82. The van der Waals surface area contributed by atoms with Crippen molar-refractivity contribution in [2.24, 2.45) is 17.8 Å². The highest BCUT2D eigenvalue weighted by molar-refractivity contribution is 5.87. The average molecular weight is 208 g/mol. The molecule has 1 aliphatic rings. The standard InChI is InChI=1S/C13H20O2/c1-5-13(14)15-12-8-10(4)6-7-11(12)9(2)3/h1,9-12H,6-8H2,2-4H3/t10-,11-,12+/m1/s1. The Morgan fingerprint density at radius 3 is 2.67 bits per heavy atom. The minimum absolute atomic E-state index is 0.0253. The highest BCUT2D eigenvalue weighted by Gasteiger charge is 2.32. The summed E-state index contributed by atoms with van der Waals surface area (Å²) in [5, 5.41) is 0. The first-order valence-electron chi connectivity index (χ1n) is 5.71. The van der Waals surface area contributed by atoms with Gasteiger partial charge in [0.05, 0.1) is 0 Å². The summed E-state index contributed by atoms with van der Waals surface area (Å²) in [6.45, 7) is 6.56. The number of rotatable bonds is 2. The van der Waals surface area contributed by atoms with E-state index in [9.17, 15) is 4.79 Å². The average Bonchev–Trinajstić information content (AvgIpc) is 2.17. The molecular weight excluding hydrogens is 188 g/mol. The first-order chi connectivity index (χ1) is 7.04. The Morgan fingerprint density at radius 2 is 2.13 bits per heavy atom. The summed E-state index contributed by atoms with van der Waals surface area (Å²) in [6.07, 6.45) is 8.37. The van der Waals surface area contributed by atoms with Crippen LogP contribution in [0, 0.1) is 30.1 Å². The van der Waals surface area contributed by atoms with Crippen molar-refractivity contribution in [3.8, 4) is 12.3 Å². The van der Waals surface area contributed by atoms with Crippen molar-refractivity contribution in [1.29, 1.82) is 0 Å². The number of hydrogen-bond donors (Lipinski definition) is 0. The van der Waals surface area contributed by atoms with Gasteiger partial charge >= 0.3 is 5.97 Å². The summed E-state index contributed by atoms with van der Waals surface area (Å²) in [7, 11) is 0. The molecule has 0 spiro atoms. The van der Waals surface area contributed by atoms with Gasteiger partial charge < -0.3 is 4.74 Å². The Balaban J connectivity index is 2.62. The van der Waals surface area contributed by atoms with E-state index in [4.69, 9.17) is 11.2 Å². The number of carbonyl (C=O) groups excluding carboxylic acids is 1. The van der Waals surface area contributed by atoms with Crippen molar-refractivity contribution >= 4 is 5.97 Å². The fraction of sp³-hybridized carbons (Fsp3) is 0.769. The van der Waals surface area contributed by atoms with Crippen LogP contribution in [0.25, 0.3) is 0 Å². The van der Waals surface area contributed by atoms with Crippen LogP contribution in [0.3, 0.4) is 0 Å². The van der Waals surface area contributed by atoms with Crippen molar-refractivity contribution in [3.05, 3.63) is 0 Å². The highest BCUT2D eigenvalue weighted by atomic mass is 16.5. The van der Waals surface area contributed by atoms with E-state index in [2.05, 4.69) is 20.8 Å². The van der Waals surface area contributed by atoms with Gasteiger partial charge in [-0.2, -0.15) is 0 Å². The van der Waals surface area contributed by atoms with E-state index in [1.807, 2.05) is 5.92 Å². The number of hydrogen-bond acceptors (Lipinski definition) is 2. The molecule has 0 aliphatic heterocycles. The molecule has 0 N–H and O–H groups in total. The maximum atomic E-state index is 11.1. The predicted octanol–water partition coefficient (Wildman–Crippen LogP) is 2.62. The Bertz CT molecular complexity index is 262. The minimum Gasteiger partial charge on any atom is -0.452 e. The van der Waals surface area contributed by atoms with Gasteiger partial charge in [0.15, 0.2) is 0 Å². The normalized spacial score (nSPS) is 31.0. The number of carbonyl (C=O) groups is 1. The minimum atomic E-state index is -0.514. The third kappa shape index (κ3) is 3.27. The van der Waals surface area contributed by atoms with Crippen LogP contribution in [0.15, 0.2) is 0 Å². The van der Waals surface area contributed by atoms with Gasteiger partial charge in [-0.25, -0.2) is 4.79 Å². The molecule has 0 amide bonds. The van der Waals surface area contributed by atoms with Crippen molar-refractivity contribution in [2.45, 2.75) is 46.1 Å². The van der Waals surface area contributed by atoms with Crippen LogP contribution < -0.4 is 0 Å². The van der Waals surface area contributed by atoms with Gasteiger partial charge in [0.25, 0.3) is 0 Å². The van der Waals surface area contributed by atoms with Crippen LogP contribution in [0.1, 0.15) is 40.0 Å². The van der Waals surface area contributed by atoms with E-state index in [1.165, 1.54) is 6.42 Å². The Morgan fingerprint density at radius 1 is 1.47 bits per heavy atom. The maximum Gasteiger partial charge on any atom is 0.384 e. The third-order valence-corrected chi connectivity index (χ3v) is 3.34. The third-order valence-electron chi connectivity index (χ3n) is 3.34. The first kappa shape index (κ1) is 12.1. The molecule has 1 fully saturated rings. The van der Waals surface area contributed by atoms with E-state index in [0.29, 0.717) is 17.8 Å². The molecule has 2 nitrogen and oxygen atoms in total. The zero-order chi connectivity index (χ0) is 11.4. The zero-order valence-electron chi connectivity index (χ0n) is 9.82. The number of terminal acetylenes is 1. The molecular formula is C13H20O2. The molecule has 2 heteroatoms. The Kier molecular flexibility index (Phi) is 4.20. The van der Waals surface area contributed by atoms with Crippen molar-refractivity contribution < 1.29 is 9.53 Å². The summed E-state index contributed by atoms with van der Waals surface area (Å²) in [5.41, 5.74) is 0. The van der Waals surface area contributed by atoms with Crippen LogP contribution in [0.4, 0.5) is 0 Å². The molecule has 0 saturated heterocycles. The second-order valence-electron chi connectivity index (χ2n) is 4.91. The summed E-state index contributed by atoms with van der Waals surface area (Å²) < 4.78 is 5.31. The van der Waals surface area contributed by atoms with Gasteiger partial charge in [0.1, 0.15) is 6.10 Å². The maximum absolute atomic E-state index is 11.1. The van der Waals surface area contributed by atoms with Crippen LogP contribution in [0.5, 0.6) is 0 Å². The summed E-state index contributed by atoms with van der Waals surface area (Å²) >= 11 is 0. The molecule has 1 rings (SSSR count). The number of esters is 1. The van der Waals surface area contributed by atoms with E-state index in [-0.39, 0.29) is 6.10 Å². The molecule has 1 saturated carbocycles. The summed E-state index contributed by atoms with van der Waals surface area (Å²) in [5.74, 6) is 3.17. The van der Waals surface area contributed by atoms with Crippen LogP contribution >= 0.6 is 0 Å². The highest BCUT2D eigenvalue weighted by Crippen LogP contribution is 2.35. The lowest BCUT2D eigenvalue weighted by Gasteiger charge is -2.36. The SMILES string of the molecule is C#CC(=O)O[C@H]1C[C@H](C)CC[C@@H]1C(C)C. The molecule has 0 aromatic carbocycles.